The SMILES string of the molecule is CCOC(=O)CNc1c(Cl)cc(CCBr)cc1Cl. The fourth-order valence-electron chi connectivity index (χ4n) is 1.42. The quantitative estimate of drug-likeness (QED) is 0.621. The topological polar surface area (TPSA) is 38.3 Å². The van der Waals surface area contributed by atoms with Gasteiger partial charge in [0.25, 0.3) is 0 Å². The monoisotopic (exact) mass is 353 g/mol. The van der Waals surface area contributed by atoms with Crippen LogP contribution in [-0.4, -0.2) is 24.5 Å². The van der Waals surface area contributed by atoms with Crippen molar-refractivity contribution in [3.63, 3.8) is 0 Å². The van der Waals surface area contributed by atoms with Crippen molar-refractivity contribution in [3.05, 3.63) is 27.7 Å². The molecule has 0 atom stereocenters. The van der Waals surface area contributed by atoms with Crippen LogP contribution in [0.15, 0.2) is 12.1 Å². The van der Waals surface area contributed by atoms with E-state index in [-0.39, 0.29) is 12.5 Å². The number of halogens is 3. The molecular formula is C12H14BrCl2NO2. The van der Waals surface area contributed by atoms with Crippen LogP contribution in [0.2, 0.25) is 10.0 Å². The van der Waals surface area contributed by atoms with E-state index in [1.54, 1.807) is 6.92 Å². The molecule has 1 aromatic carbocycles. The molecule has 0 aromatic heterocycles. The van der Waals surface area contributed by atoms with Gasteiger partial charge in [-0.25, -0.2) is 0 Å². The van der Waals surface area contributed by atoms with Gasteiger partial charge in [0.1, 0.15) is 6.54 Å². The first-order valence-electron chi connectivity index (χ1n) is 5.51. The van der Waals surface area contributed by atoms with Gasteiger partial charge in [-0.1, -0.05) is 39.1 Å². The molecule has 0 aliphatic rings. The van der Waals surface area contributed by atoms with Crippen LogP contribution in [-0.2, 0) is 16.0 Å². The van der Waals surface area contributed by atoms with E-state index < -0.39 is 0 Å². The Labute approximate surface area is 125 Å². The minimum absolute atomic E-state index is 0.0467. The summed E-state index contributed by atoms with van der Waals surface area (Å²) in [7, 11) is 0. The Hall–Kier alpha value is -0.450. The molecule has 3 nitrogen and oxygen atoms in total. The number of hydrogen-bond acceptors (Lipinski definition) is 3. The zero-order valence-electron chi connectivity index (χ0n) is 9.93. The number of hydrogen-bond donors (Lipinski definition) is 1. The summed E-state index contributed by atoms with van der Waals surface area (Å²) < 4.78 is 4.81. The molecule has 0 heterocycles. The molecule has 0 spiro atoms. The van der Waals surface area contributed by atoms with Crippen LogP contribution in [0.25, 0.3) is 0 Å². The summed E-state index contributed by atoms with van der Waals surface area (Å²) in [6, 6.07) is 3.67. The second kappa shape index (κ2) is 7.87. The third-order valence-corrected chi connectivity index (χ3v) is 3.19. The molecule has 100 valence electrons. The molecule has 6 heteroatoms. The summed E-state index contributed by atoms with van der Waals surface area (Å²) in [5.74, 6) is -0.339. The highest BCUT2D eigenvalue weighted by Gasteiger charge is 2.10. The minimum atomic E-state index is -0.339. The van der Waals surface area contributed by atoms with Crippen LogP contribution in [0, 0.1) is 0 Å². The largest absolute Gasteiger partial charge is 0.465 e. The molecular weight excluding hydrogens is 341 g/mol. The number of rotatable bonds is 6. The molecule has 0 saturated carbocycles. The van der Waals surface area contributed by atoms with Crippen LogP contribution in [0.4, 0.5) is 5.69 Å². The van der Waals surface area contributed by atoms with Gasteiger partial charge in [-0.05, 0) is 31.0 Å². The summed E-state index contributed by atoms with van der Waals surface area (Å²) >= 11 is 15.6. The Bertz CT molecular complexity index is 404. The normalized spacial score (nSPS) is 10.2. The molecule has 0 aliphatic carbocycles. The van der Waals surface area contributed by atoms with Gasteiger partial charge < -0.3 is 10.1 Å². The van der Waals surface area contributed by atoms with Crippen LogP contribution >= 0.6 is 39.1 Å². The highest BCUT2D eigenvalue weighted by atomic mass is 79.9. The predicted molar refractivity (Wildman–Crippen MR) is 79.1 cm³/mol. The van der Waals surface area contributed by atoms with Crippen molar-refractivity contribution >= 4 is 50.8 Å². The number of carbonyl (C=O) groups excluding carboxylic acids is 1. The molecule has 0 radical (unpaired) electrons. The van der Waals surface area contributed by atoms with E-state index in [9.17, 15) is 4.79 Å². The first-order valence-corrected chi connectivity index (χ1v) is 7.39. The second-order valence-electron chi connectivity index (χ2n) is 3.53. The van der Waals surface area contributed by atoms with Gasteiger partial charge in [0, 0.05) is 5.33 Å². The molecule has 0 amide bonds. The molecule has 1 rings (SSSR count). The molecule has 0 fully saturated rings. The third-order valence-electron chi connectivity index (χ3n) is 2.20. The predicted octanol–water partition coefficient (Wildman–Crippen LogP) is 3.91. The van der Waals surface area contributed by atoms with Crippen molar-refractivity contribution in [1.82, 2.24) is 0 Å². The Morgan fingerprint density at radius 3 is 2.50 bits per heavy atom. The van der Waals surface area contributed by atoms with Crippen molar-refractivity contribution in [3.8, 4) is 0 Å². The standard InChI is InChI=1S/C12H14BrCl2NO2/c1-2-18-11(17)7-16-12-9(14)5-8(3-4-13)6-10(12)15/h5-6,16H,2-4,7H2,1H3. The number of esters is 1. The maximum atomic E-state index is 11.2. The summed E-state index contributed by atoms with van der Waals surface area (Å²) in [6.07, 6.45) is 0.845. The first kappa shape index (κ1) is 15.6. The zero-order chi connectivity index (χ0) is 13.5. The molecule has 1 N–H and O–H groups in total. The van der Waals surface area contributed by atoms with Gasteiger partial charge in [-0.15, -0.1) is 0 Å². The van der Waals surface area contributed by atoms with Gasteiger partial charge in [-0.3, -0.25) is 4.79 Å². The lowest BCUT2D eigenvalue weighted by atomic mass is 10.1. The van der Waals surface area contributed by atoms with Gasteiger partial charge in [0.05, 0.1) is 22.3 Å². The molecule has 0 bridgehead atoms. The lowest BCUT2D eigenvalue weighted by molar-refractivity contribution is -0.140. The smallest absolute Gasteiger partial charge is 0.325 e. The highest BCUT2D eigenvalue weighted by Crippen LogP contribution is 2.32. The Balaban J connectivity index is 2.74. The van der Waals surface area contributed by atoms with Crippen molar-refractivity contribution in [2.45, 2.75) is 13.3 Å². The van der Waals surface area contributed by atoms with Gasteiger partial charge in [0.15, 0.2) is 0 Å². The second-order valence-corrected chi connectivity index (χ2v) is 5.14. The number of aryl methyl sites for hydroxylation is 1. The van der Waals surface area contributed by atoms with Crippen LogP contribution in [0.5, 0.6) is 0 Å². The Morgan fingerprint density at radius 1 is 1.39 bits per heavy atom. The van der Waals surface area contributed by atoms with Crippen LogP contribution < -0.4 is 5.32 Å². The zero-order valence-corrected chi connectivity index (χ0v) is 13.0. The van der Waals surface area contributed by atoms with Crippen molar-refractivity contribution < 1.29 is 9.53 Å². The van der Waals surface area contributed by atoms with Crippen molar-refractivity contribution in [2.24, 2.45) is 0 Å². The number of anilines is 1. The maximum Gasteiger partial charge on any atom is 0.325 e. The third kappa shape index (κ3) is 4.67. The fourth-order valence-corrected chi connectivity index (χ4v) is 2.54. The maximum absolute atomic E-state index is 11.2. The summed E-state index contributed by atoms with van der Waals surface area (Å²) in [5, 5.41) is 4.73. The number of ether oxygens (including phenoxy) is 1. The van der Waals surface area contributed by atoms with E-state index in [1.165, 1.54) is 0 Å². The van der Waals surface area contributed by atoms with E-state index >= 15 is 0 Å². The number of benzene rings is 1. The highest BCUT2D eigenvalue weighted by molar-refractivity contribution is 9.09. The van der Waals surface area contributed by atoms with E-state index in [0.717, 1.165) is 17.3 Å². The summed E-state index contributed by atoms with van der Waals surface area (Å²) in [4.78, 5) is 11.2. The van der Waals surface area contributed by atoms with E-state index in [4.69, 9.17) is 27.9 Å². The lowest BCUT2D eigenvalue weighted by Gasteiger charge is -2.11. The summed E-state index contributed by atoms with van der Waals surface area (Å²) in [5.41, 5.74) is 1.60. The van der Waals surface area contributed by atoms with Crippen LogP contribution in [0.3, 0.4) is 0 Å². The average molecular weight is 355 g/mol. The van der Waals surface area contributed by atoms with E-state index in [0.29, 0.717) is 22.3 Å². The molecule has 0 saturated heterocycles. The summed E-state index contributed by atoms with van der Waals surface area (Å²) in [6.45, 7) is 2.16. The molecule has 1 aromatic rings. The van der Waals surface area contributed by atoms with Gasteiger partial charge in [0.2, 0.25) is 0 Å². The average Bonchev–Trinajstić information content (AvgIpc) is 2.28. The molecule has 0 unspecified atom stereocenters. The Kier molecular flexibility index (Phi) is 6.82. The van der Waals surface area contributed by atoms with Crippen molar-refractivity contribution in [1.29, 1.82) is 0 Å². The lowest BCUT2D eigenvalue weighted by Crippen LogP contribution is -2.17. The minimum Gasteiger partial charge on any atom is -0.465 e. The fraction of sp³-hybridized carbons (Fsp3) is 0.417. The van der Waals surface area contributed by atoms with Gasteiger partial charge in [-0.2, -0.15) is 0 Å². The first-order chi connectivity index (χ1) is 8.58. The molecule has 0 aliphatic heterocycles. The van der Waals surface area contributed by atoms with Gasteiger partial charge >= 0.3 is 5.97 Å². The van der Waals surface area contributed by atoms with E-state index in [1.807, 2.05) is 12.1 Å². The number of nitrogens with one attached hydrogen (secondary N) is 1. The Morgan fingerprint density at radius 2 is 2.00 bits per heavy atom. The van der Waals surface area contributed by atoms with Crippen molar-refractivity contribution in [2.75, 3.05) is 23.8 Å². The number of alkyl halides is 1. The molecule has 18 heavy (non-hydrogen) atoms. The number of carbonyl (C=O) groups is 1. The van der Waals surface area contributed by atoms with E-state index in [2.05, 4.69) is 21.2 Å². The van der Waals surface area contributed by atoms with Crippen LogP contribution in [0.1, 0.15) is 12.5 Å².